The number of benzene rings is 1. The average molecular weight is 328 g/mol. The number of fused-ring (bicyclic) bond motifs is 3. The summed E-state index contributed by atoms with van der Waals surface area (Å²) in [5.41, 5.74) is -0.298. The van der Waals surface area contributed by atoms with Crippen molar-refractivity contribution in [2.24, 2.45) is 0 Å². The number of rotatable bonds is 4. The van der Waals surface area contributed by atoms with Crippen LogP contribution in [-0.4, -0.2) is 41.0 Å². The molecule has 0 bridgehead atoms. The predicted molar refractivity (Wildman–Crippen MR) is 86.3 cm³/mol. The molecule has 0 aromatic heterocycles. The van der Waals surface area contributed by atoms with E-state index in [4.69, 9.17) is 4.74 Å². The maximum Gasteiger partial charge on any atom is 0.353 e. The van der Waals surface area contributed by atoms with Gasteiger partial charge in [0.1, 0.15) is 0 Å². The van der Waals surface area contributed by atoms with Crippen LogP contribution in [0.1, 0.15) is 49.4 Å². The molecule has 1 aromatic carbocycles. The van der Waals surface area contributed by atoms with Crippen molar-refractivity contribution in [1.29, 1.82) is 0 Å². The van der Waals surface area contributed by atoms with Crippen molar-refractivity contribution >= 4 is 23.5 Å². The summed E-state index contributed by atoms with van der Waals surface area (Å²) in [6.07, 6.45) is 2.96. The Morgan fingerprint density at radius 1 is 1.29 bits per heavy atom. The second kappa shape index (κ2) is 5.33. The molecule has 1 unspecified atom stereocenters. The highest BCUT2D eigenvalue weighted by molar-refractivity contribution is 6.15. The minimum Gasteiger partial charge on any atom is -0.463 e. The van der Waals surface area contributed by atoms with Crippen molar-refractivity contribution in [2.45, 2.75) is 50.7 Å². The largest absolute Gasteiger partial charge is 0.463 e. The minimum atomic E-state index is -1.31. The van der Waals surface area contributed by atoms with E-state index in [-0.39, 0.29) is 30.9 Å². The number of amides is 2. The highest BCUT2D eigenvalue weighted by atomic mass is 16.5. The summed E-state index contributed by atoms with van der Waals surface area (Å²) in [4.78, 5) is 41.9. The first-order chi connectivity index (χ1) is 11.6. The van der Waals surface area contributed by atoms with Crippen LogP contribution in [-0.2, 0) is 14.3 Å². The SMILES string of the molecule is CCCOC(=O)C12CCC(=O)N1c1ccccc1C(=O)N2C1CC1. The van der Waals surface area contributed by atoms with Gasteiger partial charge in [-0.15, -0.1) is 0 Å². The van der Waals surface area contributed by atoms with Crippen LogP contribution in [0.4, 0.5) is 5.69 Å². The second-order valence-electron chi connectivity index (χ2n) is 6.61. The van der Waals surface area contributed by atoms with Crippen LogP contribution in [0.5, 0.6) is 0 Å². The molecule has 1 aliphatic carbocycles. The first-order valence-electron chi connectivity index (χ1n) is 8.54. The molecular formula is C18H20N2O4. The lowest BCUT2D eigenvalue weighted by Gasteiger charge is -2.48. The van der Waals surface area contributed by atoms with Gasteiger partial charge < -0.3 is 9.64 Å². The van der Waals surface area contributed by atoms with Gasteiger partial charge in [-0.25, -0.2) is 4.79 Å². The number of hydrogen-bond acceptors (Lipinski definition) is 4. The first-order valence-corrected chi connectivity index (χ1v) is 8.54. The normalized spacial score (nSPS) is 25.5. The van der Waals surface area contributed by atoms with Crippen LogP contribution < -0.4 is 4.90 Å². The van der Waals surface area contributed by atoms with Crippen molar-refractivity contribution < 1.29 is 19.1 Å². The Labute approximate surface area is 140 Å². The molecule has 0 spiro atoms. The van der Waals surface area contributed by atoms with E-state index in [0.29, 0.717) is 24.1 Å². The Balaban J connectivity index is 1.89. The molecule has 24 heavy (non-hydrogen) atoms. The van der Waals surface area contributed by atoms with Crippen LogP contribution >= 0.6 is 0 Å². The maximum atomic E-state index is 13.1. The maximum absolute atomic E-state index is 13.1. The molecule has 2 aliphatic heterocycles. The molecule has 126 valence electrons. The van der Waals surface area contributed by atoms with E-state index >= 15 is 0 Å². The first kappa shape index (κ1) is 15.2. The molecular weight excluding hydrogens is 308 g/mol. The van der Waals surface area contributed by atoms with E-state index in [1.54, 1.807) is 29.2 Å². The molecule has 0 N–H and O–H groups in total. The van der Waals surface area contributed by atoms with E-state index in [1.807, 2.05) is 6.92 Å². The van der Waals surface area contributed by atoms with Crippen LogP contribution in [0.3, 0.4) is 0 Å². The molecule has 2 fully saturated rings. The molecule has 0 radical (unpaired) electrons. The molecule has 4 rings (SSSR count). The van der Waals surface area contributed by atoms with Gasteiger partial charge >= 0.3 is 5.97 Å². The van der Waals surface area contributed by atoms with E-state index < -0.39 is 11.6 Å². The third-order valence-electron chi connectivity index (χ3n) is 4.98. The number of nitrogens with zero attached hydrogens (tertiary/aromatic N) is 2. The molecule has 6 nitrogen and oxygen atoms in total. The van der Waals surface area contributed by atoms with E-state index in [9.17, 15) is 14.4 Å². The molecule has 2 amide bonds. The molecule has 3 aliphatic rings. The number of ether oxygens (including phenoxy) is 1. The van der Waals surface area contributed by atoms with Gasteiger partial charge in [0, 0.05) is 18.9 Å². The summed E-state index contributed by atoms with van der Waals surface area (Å²) in [5.74, 6) is -0.786. The number of carbonyl (C=O) groups is 3. The van der Waals surface area contributed by atoms with Crippen molar-refractivity contribution in [1.82, 2.24) is 4.90 Å². The zero-order valence-corrected chi connectivity index (χ0v) is 13.7. The zero-order valence-electron chi connectivity index (χ0n) is 13.7. The molecule has 2 heterocycles. The van der Waals surface area contributed by atoms with Crippen LogP contribution in [0.15, 0.2) is 24.3 Å². The molecule has 1 aromatic rings. The van der Waals surface area contributed by atoms with Crippen LogP contribution in [0.25, 0.3) is 0 Å². The fraction of sp³-hybridized carbons (Fsp3) is 0.500. The Hall–Kier alpha value is -2.37. The lowest BCUT2D eigenvalue weighted by molar-refractivity contribution is -0.157. The van der Waals surface area contributed by atoms with Crippen LogP contribution in [0.2, 0.25) is 0 Å². The average Bonchev–Trinajstić information content (AvgIpc) is 3.36. The summed E-state index contributed by atoms with van der Waals surface area (Å²) < 4.78 is 5.43. The van der Waals surface area contributed by atoms with E-state index in [2.05, 4.69) is 0 Å². The Morgan fingerprint density at radius 2 is 2.04 bits per heavy atom. The van der Waals surface area contributed by atoms with Gasteiger partial charge in [0.2, 0.25) is 11.6 Å². The molecule has 1 atom stereocenters. The highest BCUT2D eigenvalue weighted by Crippen LogP contribution is 2.49. The fourth-order valence-corrected chi connectivity index (χ4v) is 3.82. The van der Waals surface area contributed by atoms with Gasteiger partial charge in [0.25, 0.3) is 5.91 Å². The Morgan fingerprint density at radius 3 is 2.75 bits per heavy atom. The van der Waals surface area contributed by atoms with Crippen molar-refractivity contribution in [3.05, 3.63) is 29.8 Å². The number of anilines is 1. The van der Waals surface area contributed by atoms with Gasteiger partial charge in [0.15, 0.2) is 0 Å². The number of para-hydroxylation sites is 1. The van der Waals surface area contributed by atoms with Gasteiger partial charge in [-0.05, 0) is 31.4 Å². The second-order valence-corrected chi connectivity index (χ2v) is 6.61. The van der Waals surface area contributed by atoms with E-state index in [1.165, 1.54) is 4.90 Å². The van der Waals surface area contributed by atoms with Crippen molar-refractivity contribution in [3.8, 4) is 0 Å². The molecule has 1 saturated carbocycles. The minimum absolute atomic E-state index is 0.00781. The predicted octanol–water partition coefficient (Wildman–Crippen LogP) is 2.08. The standard InChI is InChI=1S/C18H20N2O4/c1-2-11-24-17(23)18-10-9-15(21)20(18)14-6-4-3-5-13(14)16(22)19(18)12-7-8-12/h3-6,12H,2,7-11H2,1H3. The summed E-state index contributed by atoms with van der Waals surface area (Å²) in [7, 11) is 0. The number of esters is 1. The molecule has 6 heteroatoms. The van der Waals surface area contributed by atoms with Gasteiger partial charge in [0.05, 0.1) is 17.9 Å². The number of hydrogen-bond donors (Lipinski definition) is 0. The lowest BCUT2D eigenvalue weighted by Crippen LogP contribution is -2.69. The van der Waals surface area contributed by atoms with Gasteiger partial charge in [-0.1, -0.05) is 19.1 Å². The monoisotopic (exact) mass is 328 g/mol. The van der Waals surface area contributed by atoms with Crippen LogP contribution in [0, 0.1) is 0 Å². The summed E-state index contributed by atoms with van der Waals surface area (Å²) in [6, 6.07) is 7.04. The topological polar surface area (TPSA) is 66.9 Å². The molecule has 1 saturated heterocycles. The Kier molecular flexibility index (Phi) is 3.37. The Bertz CT molecular complexity index is 727. The van der Waals surface area contributed by atoms with Crippen molar-refractivity contribution in [2.75, 3.05) is 11.5 Å². The van der Waals surface area contributed by atoms with Crippen molar-refractivity contribution in [3.63, 3.8) is 0 Å². The quantitative estimate of drug-likeness (QED) is 0.794. The van der Waals surface area contributed by atoms with Gasteiger partial charge in [-0.2, -0.15) is 0 Å². The fourth-order valence-electron chi connectivity index (χ4n) is 3.82. The van der Waals surface area contributed by atoms with Gasteiger partial charge in [-0.3, -0.25) is 14.5 Å². The summed E-state index contributed by atoms with van der Waals surface area (Å²) >= 11 is 0. The third-order valence-corrected chi connectivity index (χ3v) is 4.98. The summed E-state index contributed by atoms with van der Waals surface area (Å²) in [5, 5.41) is 0. The lowest BCUT2D eigenvalue weighted by atomic mass is 9.96. The third kappa shape index (κ3) is 1.92. The summed E-state index contributed by atoms with van der Waals surface area (Å²) in [6.45, 7) is 2.21. The highest BCUT2D eigenvalue weighted by Gasteiger charge is 2.64. The van der Waals surface area contributed by atoms with E-state index in [0.717, 1.165) is 12.8 Å². The number of carbonyl (C=O) groups excluding carboxylic acids is 3. The zero-order chi connectivity index (χ0) is 16.9. The smallest absolute Gasteiger partial charge is 0.353 e.